The number of benzene rings is 3. The molecule has 0 fully saturated rings. The van der Waals surface area contributed by atoms with Crippen molar-refractivity contribution in [1.29, 1.82) is 0 Å². The minimum Gasteiger partial charge on any atom is -0.160 e. The second kappa shape index (κ2) is 6.78. The highest BCUT2D eigenvalue weighted by Gasteiger charge is 2.40. The molecule has 6 rings (SSSR count). The standard InChI is InChI=1S/C28H26S/c1-2-10-22-19-23-11-3-6-14-26(23)29(18-17-21(22)9-1)27-15-7-4-12-24(27)20-25-13-5-8-16-28(25)29/h1-8,10-16,21H,9,17-20H2. The highest BCUT2D eigenvalue weighted by Crippen LogP contribution is 2.73. The van der Waals surface area contributed by atoms with Crippen LogP contribution in [0.2, 0.25) is 0 Å². The molecule has 0 amide bonds. The Bertz CT molecular complexity index is 1100. The first-order chi connectivity index (χ1) is 14.4. The molecule has 3 aliphatic rings. The maximum absolute atomic E-state index is 2.45. The lowest BCUT2D eigenvalue weighted by Gasteiger charge is -2.49. The fraction of sp³-hybridized carbons (Fsp3) is 0.214. The molecule has 0 saturated heterocycles. The summed E-state index contributed by atoms with van der Waals surface area (Å²) in [6, 6.07) is 27.9. The Morgan fingerprint density at radius 2 is 1.21 bits per heavy atom. The van der Waals surface area contributed by atoms with Gasteiger partial charge >= 0.3 is 0 Å². The van der Waals surface area contributed by atoms with E-state index in [1.54, 1.807) is 25.8 Å². The zero-order valence-electron chi connectivity index (χ0n) is 16.7. The van der Waals surface area contributed by atoms with Crippen LogP contribution in [0.15, 0.2) is 111 Å². The Morgan fingerprint density at radius 1 is 0.655 bits per heavy atom. The summed E-state index contributed by atoms with van der Waals surface area (Å²) < 4.78 is 0. The minimum absolute atomic E-state index is 0.694. The number of hydrogen-bond acceptors (Lipinski definition) is 0. The Morgan fingerprint density at radius 3 is 1.83 bits per heavy atom. The van der Waals surface area contributed by atoms with E-state index >= 15 is 0 Å². The van der Waals surface area contributed by atoms with Crippen molar-refractivity contribution >= 4 is 10.0 Å². The Labute approximate surface area is 175 Å². The van der Waals surface area contributed by atoms with E-state index in [1.807, 2.05) is 0 Å². The van der Waals surface area contributed by atoms with Crippen LogP contribution in [0.25, 0.3) is 0 Å². The van der Waals surface area contributed by atoms with Gasteiger partial charge in [0.1, 0.15) is 0 Å². The van der Waals surface area contributed by atoms with E-state index in [4.69, 9.17) is 0 Å². The van der Waals surface area contributed by atoms with Crippen LogP contribution in [0.3, 0.4) is 0 Å². The van der Waals surface area contributed by atoms with Crippen LogP contribution in [-0.2, 0) is 12.8 Å². The van der Waals surface area contributed by atoms with Crippen molar-refractivity contribution in [2.75, 3.05) is 5.75 Å². The summed E-state index contributed by atoms with van der Waals surface area (Å²) in [5.41, 5.74) is 6.25. The van der Waals surface area contributed by atoms with Crippen molar-refractivity contribution in [2.24, 2.45) is 5.92 Å². The van der Waals surface area contributed by atoms with Gasteiger partial charge in [-0.05, 0) is 72.2 Å². The third-order valence-corrected chi connectivity index (χ3v) is 11.3. The van der Waals surface area contributed by atoms with Crippen molar-refractivity contribution in [1.82, 2.24) is 0 Å². The fourth-order valence-electron chi connectivity index (χ4n) is 5.63. The predicted octanol–water partition coefficient (Wildman–Crippen LogP) is 7.32. The van der Waals surface area contributed by atoms with Crippen LogP contribution in [0.1, 0.15) is 29.5 Å². The molecule has 0 N–H and O–H groups in total. The maximum atomic E-state index is 2.45. The summed E-state index contributed by atoms with van der Waals surface area (Å²) >= 11 is 0. The number of rotatable bonds is 0. The normalized spacial score (nSPS) is 22.2. The van der Waals surface area contributed by atoms with Crippen molar-refractivity contribution in [3.8, 4) is 0 Å². The molecule has 29 heavy (non-hydrogen) atoms. The Balaban J connectivity index is 1.67. The number of allylic oxidation sites excluding steroid dienone is 4. The predicted molar refractivity (Wildman–Crippen MR) is 123 cm³/mol. The van der Waals surface area contributed by atoms with Gasteiger partial charge < -0.3 is 0 Å². The molecule has 1 unspecified atom stereocenters. The summed E-state index contributed by atoms with van der Waals surface area (Å²) in [6.07, 6.45) is 11.7. The van der Waals surface area contributed by atoms with Crippen molar-refractivity contribution < 1.29 is 0 Å². The van der Waals surface area contributed by atoms with Crippen LogP contribution in [-0.4, -0.2) is 5.75 Å². The molecule has 2 heterocycles. The van der Waals surface area contributed by atoms with Gasteiger partial charge in [0.05, 0.1) is 0 Å². The lowest BCUT2D eigenvalue weighted by atomic mass is 9.85. The second-order valence-corrected chi connectivity index (χ2v) is 11.7. The van der Waals surface area contributed by atoms with Gasteiger partial charge in [-0.2, -0.15) is 10.0 Å². The van der Waals surface area contributed by atoms with Gasteiger partial charge in [-0.15, -0.1) is 0 Å². The van der Waals surface area contributed by atoms with Crippen LogP contribution in [0.4, 0.5) is 0 Å². The summed E-state index contributed by atoms with van der Waals surface area (Å²) in [7, 11) is -1.24. The topological polar surface area (TPSA) is 0 Å². The highest BCUT2D eigenvalue weighted by molar-refractivity contribution is 8.34. The SMILES string of the molecule is C1=CCC2CCS3(c4ccccc4CC2=C1)c1ccccc1Cc1ccccc13. The van der Waals surface area contributed by atoms with Gasteiger partial charge in [-0.25, -0.2) is 0 Å². The fourth-order valence-corrected chi connectivity index (χ4v) is 10.3. The molecule has 144 valence electrons. The summed E-state index contributed by atoms with van der Waals surface area (Å²) in [4.78, 5) is 4.84. The smallest absolute Gasteiger partial charge is 0.00170 e. The van der Waals surface area contributed by atoms with Gasteiger partial charge in [0.25, 0.3) is 0 Å². The van der Waals surface area contributed by atoms with E-state index in [-0.39, 0.29) is 0 Å². The van der Waals surface area contributed by atoms with Crippen LogP contribution in [0, 0.1) is 5.92 Å². The molecule has 3 aromatic rings. The second-order valence-electron chi connectivity index (χ2n) is 8.51. The van der Waals surface area contributed by atoms with Crippen LogP contribution < -0.4 is 0 Å². The molecule has 0 nitrogen and oxygen atoms in total. The first kappa shape index (κ1) is 17.4. The van der Waals surface area contributed by atoms with Crippen LogP contribution in [0.5, 0.6) is 0 Å². The van der Waals surface area contributed by atoms with E-state index in [2.05, 4.69) is 91.0 Å². The molecule has 1 heteroatoms. The van der Waals surface area contributed by atoms with Gasteiger partial charge in [0.15, 0.2) is 0 Å². The van der Waals surface area contributed by atoms with E-state index in [1.165, 1.54) is 29.7 Å². The molecule has 1 spiro atoms. The molecule has 0 bridgehead atoms. The summed E-state index contributed by atoms with van der Waals surface area (Å²) in [5.74, 6) is 1.95. The van der Waals surface area contributed by atoms with Crippen molar-refractivity contribution in [3.63, 3.8) is 0 Å². The van der Waals surface area contributed by atoms with Gasteiger partial charge in [-0.1, -0.05) is 78.4 Å². The average molecular weight is 395 g/mol. The molecule has 2 aliphatic heterocycles. The Hall–Kier alpha value is -2.51. The van der Waals surface area contributed by atoms with Crippen molar-refractivity contribution in [3.05, 3.63) is 113 Å². The third kappa shape index (κ3) is 2.60. The van der Waals surface area contributed by atoms with Gasteiger partial charge in [0, 0.05) is 14.7 Å². The third-order valence-electron chi connectivity index (χ3n) is 6.98. The monoisotopic (exact) mass is 394 g/mol. The number of fused-ring (bicyclic) bond motifs is 7. The molecule has 0 saturated carbocycles. The van der Waals surface area contributed by atoms with E-state index in [0.29, 0.717) is 5.92 Å². The molecule has 1 atom stereocenters. The highest BCUT2D eigenvalue weighted by atomic mass is 32.3. The zero-order chi connectivity index (χ0) is 19.3. The molecule has 1 aliphatic carbocycles. The van der Waals surface area contributed by atoms with Crippen LogP contribution >= 0.6 is 10.0 Å². The van der Waals surface area contributed by atoms with Crippen molar-refractivity contribution in [2.45, 2.75) is 40.4 Å². The average Bonchev–Trinajstić information content (AvgIpc) is 2.77. The van der Waals surface area contributed by atoms with Gasteiger partial charge in [0.2, 0.25) is 0 Å². The van der Waals surface area contributed by atoms with E-state index in [9.17, 15) is 0 Å². The largest absolute Gasteiger partial charge is 0.160 e. The molecule has 3 aromatic carbocycles. The lowest BCUT2D eigenvalue weighted by molar-refractivity contribution is 0.578. The van der Waals surface area contributed by atoms with Gasteiger partial charge in [-0.3, -0.25) is 0 Å². The Kier molecular flexibility index (Phi) is 4.06. The molecular weight excluding hydrogens is 368 g/mol. The quantitative estimate of drug-likeness (QED) is 0.375. The maximum Gasteiger partial charge on any atom is 0.00170 e. The molecular formula is C28H26S. The van der Waals surface area contributed by atoms with E-state index in [0.717, 1.165) is 12.8 Å². The first-order valence-corrected chi connectivity index (χ1v) is 12.6. The van der Waals surface area contributed by atoms with E-state index < -0.39 is 10.0 Å². The number of hydrogen-bond donors (Lipinski definition) is 0. The summed E-state index contributed by atoms with van der Waals surface area (Å²) in [5, 5.41) is 0. The zero-order valence-corrected chi connectivity index (χ0v) is 17.5. The summed E-state index contributed by atoms with van der Waals surface area (Å²) in [6.45, 7) is 0. The molecule has 0 aromatic heterocycles. The molecule has 0 radical (unpaired) electrons. The lowest BCUT2D eigenvalue weighted by Crippen LogP contribution is -2.23. The first-order valence-electron chi connectivity index (χ1n) is 10.8. The minimum atomic E-state index is -1.24.